The molecule has 23 heavy (non-hydrogen) atoms. The predicted octanol–water partition coefficient (Wildman–Crippen LogP) is 3.81. The molecular weight excluding hydrogens is 297 g/mol. The van der Waals surface area contributed by atoms with Crippen LogP contribution in [0.2, 0.25) is 0 Å². The van der Waals surface area contributed by atoms with Crippen LogP contribution in [0.15, 0.2) is 51.5 Å². The number of likely N-dealkylation sites (tertiary alicyclic amines) is 1. The van der Waals surface area contributed by atoms with Crippen molar-refractivity contribution in [2.45, 2.75) is 25.4 Å². The molecule has 0 N–H and O–H groups in total. The Hall–Kier alpha value is -2.47. The lowest BCUT2D eigenvalue weighted by atomic mass is 10.0. The van der Waals surface area contributed by atoms with E-state index in [-0.39, 0.29) is 11.9 Å². The quantitative estimate of drug-likeness (QED) is 0.733. The topological polar surface area (TPSA) is 55.3 Å². The summed E-state index contributed by atoms with van der Waals surface area (Å²) in [5.41, 5.74) is 1.12. The third-order valence-electron chi connectivity index (χ3n) is 4.16. The van der Waals surface area contributed by atoms with Crippen molar-refractivity contribution in [3.05, 3.63) is 59.9 Å². The minimum atomic E-state index is -0.210. The van der Waals surface area contributed by atoms with Gasteiger partial charge in [-0.3, -0.25) is 4.90 Å². The Morgan fingerprint density at radius 2 is 2.04 bits per heavy atom. The Bertz CT molecular complexity index is 768. The lowest BCUT2D eigenvalue weighted by Gasteiger charge is -2.23. The van der Waals surface area contributed by atoms with E-state index in [9.17, 15) is 4.39 Å². The third-order valence-corrected chi connectivity index (χ3v) is 4.16. The molecule has 1 aromatic carbocycles. The lowest BCUT2D eigenvalue weighted by Crippen LogP contribution is -2.22. The standard InChI is InChI=1S/C17H16FN3O2/c18-13-7-5-12(6-8-13)14-3-1-9-21(14)11-16-19-20-17(23-16)15-4-2-10-22-15/h2,4-8,10,14H,1,3,9,11H2. The Morgan fingerprint density at radius 1 is 1.17 bits per heavy atom. The first-order valence-corrected chi connectivity index (χ1v) is 7.65. The summed E-state index contributed by atoms with van der Waals surface area (Å²) in [7, 11) is 0. The number of benzene rings is 1. The first-order chi connectivity index (χ1) is 11.3. The van der Waals surface area contributed by atoms with E-state index in [0.29, 0.717) is 24.1 Å². The van der Waals surface area contributed by atoms with Crippen LogP contribution >= 0.6 is 0 Å². The maximum atomic E-state index is 13.1. The number of hydrogen-bond acceptors (Lipinski definition) is 5. The zero-order chi connectivity index (χ0) is 15.6. The molecule has 1 fully saturated rings. The number of furan rings is 1. The molecule has 0 bridgehead atoms. The van der Waals surface area contributed by atoms with Gasteiger partial charge in [-0.2, -0.15) is 0 Å². The molecule has 0 radical (unpaired) electrons. The van der Waals surface area contributed by atoms with Crippen LogP contribution in [0.4, 0.5) is 4.39 Å². The predicted molar refractivity (Wildman–Crippen MR) is 80.8 cm³/mol. The van der Waals surface area contributed by atoms with E-state index in [0.717, 1.165) is 24.9 Å². The van der Waals surface area contributed by atoms with E-state index in [1.165, 1.54) is 12.1 Å². The Labute approximate surface area is 132 Å². The van der Waals surface area contributed by atoms with Gasteiger partial charge in [0.25, 0.3) is 5.89 Å². The molecule has 5 nitrogen and oxygen atoms in total. The fourth-order valence-electron chi connectivity index (χ4n) is 3.07. The molecule has 1 aliphatic rings. The minimum Gasteiger partial charge on any atom is -0.459 e. The highest BCUT2D eigenvalue weighted by Crippen LogP contribution is 2.33. The van der Waals surface area contributed by atoms with Gasteiger partial charge in [-0.1, -0.05) is 12.1 Å². The van der Waals surface area contributed by atoms with Gasteiger partial charge in [-0.15, -0.1) is 10.2 Å². The highest BCUT2D eigenvalue weighted by molar-refractivity contribution is 5.42. The molecule has 0 saturated carbocycles. The van der Waals surface area contributed by atoms with Crippen LogP contribution < -0.4 is 0 Å². The Balaban J connectivity index is 1.50. The summed E-state index contributed by atoms with van der Waals surface area (Å²) >= 11 is 0. The van der Waals surface area contributed by atoms with Gasteiger partial charge in [0.1, 0.15) is 5.82 Å². The van der Waals surface area contributed by atoms with E-state index in [4.69, 9.17) is 8.83 Å². The normalized spacial score (nSPS) is 18.6. The van der Waals surface area contributed by atoms with Gasteiger partial charge in [-0.25, -0.2) is 4.39 Å². The van der Waals surface area contributed by atoms with Crippen molar-refractivity contribution in [3.63, 3.8) is 0 Å². The van der Waals surface area contributed by atoms with Crippen LogP contribution in [0.5, 0.6) is 0 Å². The molecule has 0 amide bonds. The number of halogens is 1. The van der Waals surface area contributed by atoms with E-state index in [1.54, 1.807) is 18.4 Å². The first-order valence-electron chi connectivity index (χ1n) is 7.65. The van der Waals surface area contributed by atoms with Crippen molar-refractivity contribution in [2.75, 3.05) is 6.54 Å². The summed E-state index contributed by atoms with van der Waals surface area (Å²) in [6.45, 7) is 1.54. The molecule has 6 heteroatoms. The largest absolute Gasteiger partial charge is 0.459 e. The van der Waals surface area contributed by atoms with Crippen LogP contribution in [-0.2, 0) is 6.54 Å². The summed E-state index contributed by atoms with van der Waals surface area (Å²) in [6.07, 6.45) is 3.72. The maximum absolute atomic E-state index is 13.1. The highest BCUT2D eigenvalue weighted by atomic mass is 19.1. The molecule has 3 aromatic rings. The molecule has 1 saturated heterocycles. The molecule has 3 heterocycles. The van der Waals surface area contributed by atoms with Crippen molar-refractivity contribution in [1.29, 1.82) is 0 Å². The molecule has 1 atom stereocenters. The van der Waals surface area contributed by atoms with Crippen molar-refractivity contribution in [3.8, 4) is 11.7 Å². The molecule has 118 valence electrons. The SMILES string of the molecule is Fc1ccc(C2CCCN2Cc2nnc(-c3ccco3)o2)cc1. The second-order valence-corrected chi connectivity index (χ2v) is 5.66. The first kappa shape index (κ1) is 14.1. The van der Waals surface area contributed by atoms with Crippen LogP contribution in [0.3, 0.4) is 0 Å². The van der Waals surface area contributed by atoms with E-state index < -0.39 is 0 Å². The van der Waals surface area contributed by atoms with E-state index in [1.807, 2.05) is 12.1 Å². The van der Waals surface area contributed by atoms with E-state index >= 15 is 0 Å². The second-order valence-electron chi connectivity index (χ2n) is 5.66. The summed E-state index contributed by atoms with van der Waals surface area (Å²) in [4.78, 5) is 2.28. The number of rotatable bonds is 4. The number of aromatic nitrogens is 2. The maximum Gasteiger partial charge on any atom is 0.283 e. The molecule has 0 spiro atoms. The van der Waals surface area contributed by atoms with Crippen molar-refractivity contribution in [2.24, 2.45) is 0 Å². The van der Waals surface area contributed by atoms with Crippen LogP contribution in [0, 0.1) is 5.82 Å². The van der Waals surface area contributed by atoms with Crippen LogP contribution in [0.25, 0.3) is 11.7 Å². The average molecular weight is 313 g/mol. The van der Waals surface area contributed by atoms with Crippen molar-refractivity contribution >= 4 is 0 Å². The Kier molecular flexibility index (Phi) is 3.67. The minimum absolute atomic E-state index is 0.210. The van der Waals surface area contributed by atoms with Gasteiger partial charge in [-0.05, 0) is 49.2 Å². The summed E-state index contributed by atoms with van der Waals surface area (Å²) in [6, 6.07) is 10.5. The van der Waals surface area contributed by atoms with E-state index in [2.05, 4.69) is 15.1 Å². The molecule has 2 aromatic heterocycles. The number of hydrogen-bond donors (Lipinski definition) is 0. The summed E-state index contributed by atoms with van der Waals surface area (Å²) in [5, 5.41) is 8.12. The molecule has 0 aliphatic carbocycles. The zero-order valence-corrected chi connectivity index (χ0v) is 12.5. The fourth-order valence-corrected chi connectivity index (χ4v) is 3.07. The monoisotopic (exact) mass is 313 g/mol. The van der Waals surface area contributed by atoms with Gasteiger partial charge in [0.05, 0.1) is 12.8 Å². The van der Waals surface area contributed by atoms with Gasteiger partial charge in [0.2, 0.25) is 5.89 Å². The third kappa shape index (κ3) is 2.90. The lowest BCUT2D eigenvalue weighted by molar-refractivity contribution is 0.224. The zero-order valence-electron chi connectivity index (χ0n) is 12.5. The van der Waals surface area contributed by atoms with Crippen molar-refractivity contribution < 1.29 is 13.2 Å². The van der Waals surface area contributed by atoms with Crippen molar-refractivity contribution in [1.82, 2.24) is 15.1 Å². The van der Waals surface area contributed by atoms with Crippen LogP contribution in [0.1, 0.15) is 30.3 Å². The van der Waals surface area contributed by atoms with Crippen LogP contribution in [-0.4, -0.2) is 21.6 Å². The smallest absolute Gasteiger partial charge is 0.283 e. The highest BCUT2D eigenvalue weighted by Gasteiger charge is 2.27. The summed E-state index contributed by atoms with van der Waals surface area (Å²) in [5.74, 6) is 1.31. The fraction of sp³-hybridized carbons (Fsp3) is 0.294. The molecule has 4 rings (SSSR count). The average Bonchev–Trinajstić information content (AvgIpc) is 3.29. The molecular formula is C17H16FN3O2. The Morgan fingerprint density at radius 3 is 2.83 bits per heavy atom. The molecule has 1 aliphatic heterocycles. The second kappa shape index (κ2) is 5.96. The molecule has 1 unspecified atom stereocenters. The van der Waals surface area contributed by atoms with Gasteiger partial charge >= 0.3 is 0 Å². The van der Waals surface area contributed by atoms with Gasteiger partial charge in [0.15, 0.2) is 5.76 Å². The summed E-state index contributed by atoms with van der Waals surface area (Å²) < 4.78 is 24.0. The van der Waals surface area contributed by atoms with Gasteiger partial charge in [0, 0.05) is 6.04 Å². The number of nitrogens with zero attached hydrogens (tertiary/aromatic N) is 3. The van der Waals surface area contributed by atoms with Gasteiger partial charge < -0.3 is 8.83 Å².